The van der Waals surface area contributed by atoms with Crippen molar-refractivity contribution in [1.82, 2.24) is 5.32 Å². The summed E-state index contributed by atoms with van der Waals surface area (Å²) in [4.78, 5) is 0. The van der Waals surface area contributed by atoms with E-state index in [0.29, 0.717) is 17.2 Å². The Hall–Kier alpha value is -0.960. The maximum absolute atomic E-state index is 13.8. The maximum atomic E-state index is 13.8. The van der Waals surface area contributed by atoms with Gasteiger partial charge in [-0.05, 0) is 50.8 Å². The van der Waals surface area contributed by atoms with Crippen molar-refractivity contribution in [1.29, 1.82) is 0 Å². The molecule has 0 bridgehead atoms. The van der Waals surface area contributed by atoms with Crippen LogP contribution >= 0.6 is 0 Å². The first kappa shape index (κ1) is 13.5. The highest BCUT2D eigenvalue weighted by molar-refractivity contribution is 5.27. The Morgan fingerprint density at radius 3 is 2.50 bits per heavy atom. The van der Waals surface area contributed by atoms with E-state index in [4.69, 9.17) is 0 Å². The first-order chi connectivity index (χ1) is 8.47. The van der Waals surface area contributed by atoms with Gasteiger partial charge in [0.05, 0.1) is 0 Å². The molecule has 0 spiro atoms. The summed E-state index contributed by atoms with van der Waals surface area (Å²) in [7, 11) is 0. The molecule has 2 atom stereocenters. The Balaban J connectivity index is 2.02. The van der Waals surface area contributed by atoms with Gasteiger partial charge in [0.2, 0.25) is 0 Å². The molecule has 1 aromatic carbocycles. The Kier molecular flexibility index (Phi) is 4.00. The highest BCUT2D eigenvalue weighted by Gasteiger charge is 2.24. The van der Waals surface area contributed by atoms with Crippen molar-refractivity contribution in [3.63, 3.8) is 0 Å². The Morgan fingerprint density at radius 1 is 1.22 bits per heavy atom. The lowest BCUT2D eigenvalue weighted by Crippen LogP contribution is -2.30. The number of rotatable bonds is 5. The summed E-state index contributed by atoms with van der Waals surface area (Å²) >= 11 is 0. The average Bonchev–Trinajstić information content (AvgIpc) is 3.06. The second-order valence-electron chi connectivity index (χ2n) is 5.59. The van der Waals surface area contributed by atoms with Crippen LogP contribution in [-0.2, 0) is 0 Å². The highest BCUT2D eigenvalue weighted by atomic mass is 19.1. The number of hydrogen-bond acceptors (Lipinski definition) is 1. The molecule has 1 aliphatic rings. The molecule has 0 heterocycles. The minimum Gasteiger partial charge on any atom is -0.308 e. The number of benzene rings is 1. The van der Waals surface area contributed by atoms with E-state index in [1.807, 2.05) is 6.92 Å². The van der Waals surface area contributed by atoms with Crippen molar-refractivity contribution in [2.45, 2.75) is 52.1 Å². The van der Waals surface area contributed by atoms with Crippen molar-refractivity contribution in [2.75, 3.05) is 0 Å². The van der Waals surface area contributed by atoms with Crippen LogP contribution in [0.5, 0.6) is 0 Å². The van der Waals surface area contributed by atoms with Gasteiger partial charge in [0.1, 0.15) is 11.6 Å². The van der Waals surface area contributed by atoms with Crippen molar-refractivity contribution >= 4 is 0 Å². The molecule has 1 nitrogen and oxygen atoms in total. The lowest BCUT2D eigenvalue weighted by molar-refractivity contribution is 0.426. The molecule has 2 rings (SSSR count). The van der Waals surface area contributed by atoms with Crippen LogP contribution in [-0.4, -0.2) is 6.04 Å². The molecule has 2 unspecified atom stereocenters. The fourth-order valence-corrected chi connectivity index (χ4v) is 2.43. The zero-order chi connectivity index (χ0) is 13.3. The van der Waals surface area contributed by atoms with E-state index >= 15 is 0 Å². The quantitative estimate of drug-likeness (QED) is 0.832. The molecule has 3 heteroatoms. The summed E-state index contributed by atoms with van der Waals surface area (Å²) in [5, 5.41) is 3.35. The third-order valence-electron chi connectivity index (χ3n) is 3.66. The Labute approximate surface area is 108 Å². The van der Waals surface area contributed by atoms with Gasteiger partial charge >= 0.3 is 0 Å². The normalized spacial score (nSPS) is 18.7. The monoisotopic (exact) mass is 253 g/mol. The summed E-state index contributed by atoms with van der Waals surface area (Å²) in [6, 6.07) is 2.77. The second-order valence-corrected chi connectivity index (χ2v) is 5.59. The zero-order valence-electron chi connectivity index (χ0n) is 11.3. The van der Waals surface area contributed by atoms with E-state index in [0.717, 1.165) is 12.3 Å². The third-order valence-corrected chi connectivity index (χ3v) is 3.66. The van der Waals surface area contributed by atoms with Crippen LogP contribution in [0.25, 0.3) is 0 Å². The van der Waals surface area contributed by atoms with Gasteiger partial charge in [0.25, 0.3) is 0 Å². The first-order valence-electron chi connectivity index (χ1n) is 6.69. The molecule has 0 amide bonds. The molecule has 0 aliphatic heterocycles. The molecular weight excluding hydrogens is 232 g/mol. The SMILES string of the molecule is Cc1cc(F)c(C(C)NC(C)CC2CC2)cc1F. The van der Waals surface area contributed by atoms with Crippen molar-refractivity contribution in [3.05, 3.63) is 34.9 Å². The molecule has 100 valence electrons. The molecule has 18 heavy (non-hydrogen) atoms. The van der Waals surface area contributed by atoms with E-state index in [9.17, 15) is 8.78 Å². The van der Waals surface area contributed by atoms with E-state index in [2.05, 4.69) is 12.2 Å². The van der Waals surface area contributed by atoms with Crippen molar-refractivity contribution in [3.8, 4) is 0 Å². The fourth-order valence-electron chi connectivity index (χ4n) is 2.43. The first-order valence-corrected chi connectivity index (χ1v) is 6.69. The van der Waals surface area contributed by atoms with Gasteiger partial charge in [-0.2, -0.15) is 0 Å². The largest absolute Gasteiger partial charge is 0.308 e. The van der Waals surface area contributed by atoms with Crippen LogP contribution in [0.3, 0.4) is 0 Å². The van der Waals surface area contributed by atoms with Crippen LogP contribution in [0.2, 0.25) is 0 Å². The standard InChI is InChI=1S/C15H21F2N/c1-9-6-15(17)13(8-14(9)16)11(3)18-10(2)7-12-4-5-12/h6,8,10-12,18H,4-5,7H2,1-3H3. The molecule has 1 N–H and O–H groups in total. The summed E-state index contributed by atoms with van der Waals surface area (Å²) in [5.41, 5.74) is 0.773. The predicted molar refractivity (Wildman–Crippen MR) is 69.4 cm³/mol. The maximum Gasteiger partial charge on any atom is 0.128 e. The molecule has 1 saturated carbocycles. The van der Waals surface area contributed by atoms with Crippen LogP contribution in [0.15, 0.2) is 12.1 Å². The topological polar surface area (TPSA) is 12.0 Å². The average molecular weight is 253 g/mol. The van der Waals surface area contributed by atoms with Crippen molar-refractivity contribution in [2.24, 2.45) is 5.92 Å². The van der Waals surface area contributed by atoms with Crippen LogP contribution in [0.4, 0.5) is 8.78 Å². The zero-order valence-corrected chi connectivity index (χ0v) is 11.3. The lowest BCUT2D eigenvalue weighted by atomic mass is 10.0. The third kappa shape index (κ3) is 3.29. The second kappa shape index (κ2) is 5.35. The molecule has 0 radical (unpaired) electrons. The Bertz CT molecular complexity index is 427. The molecule has 1 aliphatic carbocycles. The summed E-state index contributed by atoms with van der Waals surface area (Å²) < 4.78 is 27.3. The summed E-state index contributed by atoms with van der Waals surface area (Å²) in [6.45, 7) is 5.57. The molecule has 1 aromatic rings. The van der Waals surface area contributed by atoms with Crippen LogP contribution in [0.1, 0.15) is 50.3 Å². The smallest absolute Gasteiger partial charge is 0.128 e. The fraction of sp³-hybridized carbons (Fsp3) is 0.600. The molecule has 0 saturated heterocycles. The van der Waals surface area contributed by atoms with Gasteiger partial charge in [-0.1, -0.05) is 12.8 Å². The van der Waals surface area contributed by atoms with Gasteiger partial charge in [-0.15, -0.1) is 0 Å². The van der Waals surface area contributed by atoms with E-state index in [1.54, 1.807) is 6.92 Å². The van der Waals surface area contributed by atoms with E-state index in [-0.39, 0.29) is 17.7 Å². The van der Waals surface area contributed by atoms with Crippen LogP contribution in [0, 0.1) is 24.5 Å². The highest BCUT2D eigenvalue weighted by Crippen LogP contribution is 2.34. The number of hydrogen-bond donors (Lipinski definition) is 1. The van der Waals surface area contributed by atoms with Gasteiger partial charge in [0, 0.05) is 17.6 Å². The lowest BCUT2D eigenvalue weighted by Gasteiger charge is -2.21. The number of nitrogens with one attached hydrogen (secondary N) is 1. The van der Waals surface area contributed by atoms with E-state index < -0.39 is 0 Å². The van der Waals surface area contributed by atoms with Gasteiger partial charge < -0.3 is 5.32 Å². The minimum atomic E-state index is -0.338. The predicted octanol–water partition coefficient (Wildman–Crippen LogP) is 4.11. The van der Waals surface area contributed by atoms with Gasteiger partial charge in [-0.3, -0.25) is 0 Å². The minimum absolute atomic E-state index is 0.158. The van der Waals surface area contributed by atoms with Crippen LogP contribution < -0.4 is 5.32 Å². The molecular formula is C15H21F2N. The Morgan fingerprint density at radius 2 is 1.89 bits per heavy atom. The summed E-state index contributed by atoms with van der Waals surface area (Å²) in [5.74, 6) is 0.168. The number of halogens is 2. The summed E-state index contributed by atoms with van der Waals surface area (Å²) in [6.07, 6.45) is 3.75. The van der Waals surface area contributed by atoms with E-state index in [1.165, 1.54) is 25.0 Å². The molecule has 1 fully saturated rings. The molecule has 0 aromatic heterocycles. The van der Waals surface area contributed by atoms with Gasteiger partial charge in [-0.25, -0.2) is 8.78 Å². The number of aryl methyl sites for hydroxylation is 1. The van der Waals surface area contributed by atoms with Gasteiger partial charge in [0.15, 0.2) is 0 Å². The van der Waals surface area contributed by atoms with Crippen molar-refractivity contribution < 1.29 is 8.78 Å².